The average molecular weight is 243 g/mol. The zero-order valence-corrected chi connectivity index (χ0v) is 10.7. The third kappa shape index (κ3) is 2.07. The number of fused-ring (bicyclic) bond motifs is 2. The highest BCUT2D eigenvalue weighted by Crippen LogP contribution is 2.57. The fraction of sp³-hybridized carbons (Fsp3) is 0.818. The van der Waals surface area contributed by atoms with Gasteiger partial charge in [-0.2, -0.15) is 12.6 Å². The van der Waals surface area contributed by atoms with Crippen molar-refractivity contribution < 1.29 is 4.79 Å². The summed E-state index contributed by atoms with van der Waals surface area (Å²) in [7, 11) is 0. The third-order valence-corrected chi connectivity index (χ3v) is 4.81. The summed E-state index contributed by atoms with van der Waals surface area (Å²) in [6.07, 6.45) is 6.07. The van der Waals surface area contributed by atoms with Crippen LogP contribution in [0.15, 0.2) is 0 Å². The molecule has 0 spiro atoms. The van der Waals surface area contributed by atoms with E-state index in [0.29, 0.717) is 4.99 Å². The Morgan fingerprint density at radius 3 is 2.53 bits per heavy atom. The van der Waals surface area contributed by atoms with Crippen LogP contribution in [0.25, 0.3) is 0 Å². The van der Waals surface area contributed by atoms with Crippen LogP contribution in [-0.2, 0) is 4.79 Å². The van der Waals surface area contributed by atoms with Gasteiger partial charge >= 0.3 is 0 Å². The Morgan fingerprint density at radius 2 is 2.13 bits per heavy atom. The SMILES string of the molecule is CC(=S)NC(=O)C(S)C12CCC(CC1)C2. The molecule has 2 fully saturated rings. The van der Waals surface area contributed by atoms with E-state index in [2.05, 4.69) is 17.9 Å². The van der Waals surface area contributed by atoms with Crippen LogP contribution in [0.5, 0.6) is 0 Å². The number of carbonyl (C=O) groups is 1. The van der Waals surface area contributed by atoms with E-state index in [-0.39, 0.29) is 16.6 Å². The van der Waals surface area contributed by atoms with E-state index in [4.69, 9.17) is 12.2 Å². The molecule has 2 bridgehead atoms. The molecule has 1 atom stereocenters. The van der Waals surface area contributed by atoms with Crippen LogP contribution < -0.4 is 5.32 Å². The number of nitrogens with one attached hydrogen (secondary N) is 1. The molecule has 15 heavy (non-hydrogen) atoms. The lowest BCUT2D eigenvalue weighted by atomic mass is 9.80. The van der Waals surface area contributed by atoms with Crippen molar-refractivity contribution in [1.29, 1.82) is 0 Å². The Hall–Kier alpha value is -0.0900. The molecule has 2 aliphatic rings. The van der Waals surface area contributed by atoms with Crippen molar-refractivity contribution in [3.8, 4) is 0 Å². The topological polar surface area (TPSA) is 29.1 Å². The Labute approximate surface area is 102 Å². The second-order valence-electron chi connectivity index (χ2n) is 4.96. The normalized spacial score (nSPS) is 35.2. The molecule has 1 unspecified atom stereocenters. The van der Waals surface area contributed by atoms with Gasteiger partial charge in [-0.05, 0) is 50.4 Å². The molecule has 0 radical (unpaired) electrons. The highest BCUT2D eigenvalue weighted by Gasteiger charge is 2.50. The molecule has 4 heteroatoms. The maximum Gasteiger partial charge on any atom is 0.238 e. The summed E-state index contributed by atoms with van der Waals surface area (Å²) in [5, 5.41) is 2.54. The van der Waals surface area contributed by atoms with Gasteiger partial charge in [0.1, 0.15) is 0 Å². The number of carbonyl (C=O) groups excluding carboxylic acids is 1. The molecular formula is C11H17NOS2. The van der Waals surface area contributed by atoms with Crippen molar-refractivity contribution in [2.75, 3.05) is 0 Å². The molecule has 0 aliphatic heterocycles. The lowest BCUT2D eigenvalue weighted by Gasteiger charge is -2.31. The van der Waals surface area contributed by atoms with Gasteiger partial charge in [0.25, 0.3) is 0 Å². The van der Waals surface area contributed by atoms with Gasteiger partial charge in [0.2, 0.25) is 5.91 Å². The average Bonchev–Trinajstić information content (AvgIpc) is 2.76. The van der Waals surface area contributed by atoms with Crippen LogP contribution in [0.2, 0.25) is 0 Å². The molecule has 1 amide bonds. The van der Waals surface area contributed by atoms with Gasteiger partial charge in [-0.1, -0.05) is 12.2 Å². The summed E-state index contributed by atoms with van der Waals surface area (Å²) in [5.41, 5.74) is 0.169. The van der Waals surface area contributed by atoms with Crippen LogP contribution in [-0.4, -0.2) is 16.1 Å². The molecule has 0 aromatic carbocycles. The summed E-state index contributed by atoms with van der Waals surface area (Å²) < 4.78 is 0. The van der Waals surface area contributed by atoms with Crippen molar-refractivity contribution in [2.24, 2.45) is 11.3 Å². The minimum Gasteiger partial charge on any atom is -0.320 e. The van der Waals surface area contributed by atoms with Crippen molar-refractivity contribution in [1.82, 2.24) is 5.32 Å². The number of thiol groups is 1. The molecule has 2 aliphatic carbocycles. The highest BCUT2D eigenvalue weighted by atomic mass is 32.1. The van der Waals surface area contributed by atoms with Gasteiger partial charge in [0.15, 0.2) is 0 Å². The highest BCUT2D eigenvalue weighted by molar-refractivity contribution is 7.82. The van der Waals surface area contributed by atoms with E-state index in [1.807, 2.05) is 0 Å². The molecule has 84 valence electrons. The first-order valence-electron chi connectivity index (χ1n) is 5.53. The number of hydrogen-bond donors (Lipinski definition) is 2. The summed E-state index contributed by atoms with van der Waals surface area (Å²) in [5.74, 6) is 0.842. The minimum absolute atomic E-state index is 0.00613. The molecule has 2 rings (SSSR count). The predicted octanol–water partition coefficient (Wildman–Crippen LogP) is 2.33. The van der Waals surface area contributed by atoms with Gasteiger partial charge in [0, 0.05) is 0 Å². The Balaban J connectivity index is 2.04. The molecule has 2 nitrogen and oxygen atoms in total. The van der Waals surface area contributed by atoms with Gasteiger partial charge in [-0.15, -0.1) is 0 Å². The smallest absolute Gasteiger partial charge is 0.238 e. The number of hydrogen-bond acceptors (Lipinski definition) is 3. The molecule has 2 saturated carbocycles. The summed E-state index contributed by atoms with van der Waals surface area (Å²) in [6, 6.07) is 0. The number of rotatable bonds is 2. The third-order valence-electron chi connectivity index (χ3n) is 3.92. The summed E-state index contributed by atoms with van der Waals surface area (Å²) in [6.45, 7) is 1.73. The standard InChI is InChI=1S/C11H17NOS2/c1-7(14)12-10(13)9(15)11-4-2-8(6-11)3-5-11/h8-9,15H,2-6H2,1H3,(H,12,13,14). The van der Waals surface area contributed by atoms with Gasteiger partial charge in [-0.3, -0.25) is 4.79 Å². The first-order valence-corrected chi connectivity index (χ1v) is 6.45. The Bertz CT molecular complexity index is 295. The van der Waals surface area contributed by atoms with Gasteiger partial charge in [-0.25, -0.2) is 0 Å². The van der Waals surface area contributed by atoms with Crippen LogP contribution in [0, 0.1) is 11.3 Å². The largest absolute Gasteiger partial charge is 0.320 e. The monoisotopic (exact) mass is 243 g/mol. The van der Waals surface area contributed by atoms with Crippen LogP contribution in [0.3, 0.4) is 0 Å². The molecule has 0 saturated heterocycles. The van der Waals surface area contributed by atoms with Gasteiger partial charge < -0.3 is 5.32 Å². The molecule has 0 heterocycles. The van der Waals surface area contributed by atoms with E-state index >= 15 is 0 Å². The van der Waals surface area contributed by atoms with Gasteiger partial charge in [0.05, 0.1) is 10.2 Å². The summed E-state index contributed by atoms with van der Waals surface area (Å²) >= 11 is 9.40. The molecular weight excluding hydrogens is 226 g/mol. The molecule has 0 aromatic heterocycles. The van der Waals surface area contributed by atoms with E-state index in [1.165, 1.54) is 19.3 Å². The maximum atomic E-state index is 11.8. The first-order chi connectivity index (χ1) is 7.03. The van der Waals surface area contributed by atoms with Crippen LogP contribution >= 0.6 is 24.8 Å². The van der Waals surface area contributed by atoms with E-state index < -0.39 is 0 Å². The number of amides is 1. The maximum absolute atomic E-state index is 11.8. The van der Waals surface area contributed by atoms with Crippen molar-refractivity contribution >= 4 is 35.7 Å². The first kappa shape index (κ1) is 11.4. The summed E-state index contributed by atoms with van der Waals surface area (Å²) in [4.78, 5) is 12.4. The van der Waals surface area contributed by atoms with E-state index in [0.717, 1.165) is 18.8 Å². The quantitative estimate of drug-likeness (QED) is 0.576. The zero-order valence-electron chi connectivity index (χ0n) is 8.95. The number of thiocarbonyl (C=S) groups is 1. The van der Waals surface area contributed by atoms with Crippen LogP contribution in [0.1, 0.15) is 39.0 Å². The predicted molar refractivity (Wildman–Crippen MR) is 68.2 cm³/mol. The van der Waals surface area contributed by atoms with Crippen LogP contribution in [0.4, 0.5) is 0 Å². The lowest BCUT2D eigenvalue weighted by molar-refractivity contribution is -0.121. The van der Waals surface area contributed by atoms with E-state index in [9.17, 15) is 4.79 Å². The fourth-order valence-electron chi connectivity index (χ4n) is 3.14. The van der Waals surface area contributed by atoms with Crippen molar-refractivity contribution in [3.63, 3.8) is 0 Å². The molecule has 1 N–H and O–H groups in total. The van der Waals surface area contributed by atoms with Crippen molar-refractivity contribution in [2.45, 2.75) is 44.3 Å². The van der Waals surface area contributed by atoms with Crippen molar-refractivity contribution in [3.05, 3.63) is 0 Å². The lowest BCUT2D eigenvalue weighted by Crippen LogP contribution is -2.42. The Morgan fingerprint density at radius 1 is 1.53 bits per heavy atom. The fourth-order valence-corrected chi connectivity index (χ4v) is 3.67. The molecule has 0 aromatic rings. The Kier molecular flexibility index (Phi) is 3.08. The second kappa shape index (κ2) is 4.06. The minimum atomic E-state index is -0.178. The second-order valence-corrected chi connectivity index (χ2v) is 6.09. The zero-order chi connectivity index (χ0) is 11.1. The van der Waals surface area contributed by atoms with E-state index in [1.54, 1.807) is 6.92 Å².